The highest BCUT2D eigenvalue weighted by Crippen LogP contribution is 2.43. The molecule has 5 rings (SSSR count). The Morgan fingerprint density at radius 1 is 1.36 bits per heavy atom. The maximum absolute atomic E-state index is 12.7. The van der Waals surface area contributed by atoms with Crippen molar-refractivity contribution in [2.75, 3.05) is 11.9 Å². The number of carbonyl (C=O) groups excluding carboxylic acids is 1. The molecule has 0 saturated carbocycles. The minimum atomic E-state index is -1.16. The molecule has 2 aromatic rings. The molecular formula is C19H23N5O3S. The van der Waals surface area contributed by atoms with Gasteiger partial charge in [-0.05, 0) is 48.8 Å². The van der Waals surface area contributed by atoms with Crippen LogP contribution in [-0.2, 0) is 36.7 Å². The number of amides is 2. The van der Waals surface area contributed by atoms with E-state index in [4.69, 9.17) is 9.88 Å². The van der Waals surface area contributed by atoms with Crippen LogP contribution in [0.15, 0.2) is 21.5 Å². The number of nitrogens with zero attached hydrogens (tertiary/aromatic N) is 3. The number of nitrogens with one attached hydrogen (secondary N) is 1. The number of benzene rings is 1. The molecule has 0 bridgehead atoms. The molecule has 4 N–H and O–H groups in total. The van der Waals surface area contributed by atoms with Crippen LogP contribution in [0.5, 0.6) is 5.88 Å². The number of aromatic nitrogens is 2. The summed E-state index contributed by atoms with van der Waals surface area (Å²) in [5, 5.41) is 23.8. The van der Waals surface area contributed by atoms with Crippen molar-refractivity contribution in [3.63, 3.8) is 0 Å². The fraction of sp³-hybridized carbons (Fsp3) is 0.474. The topological polar surface area (TPSA) is 115 Å². The Morgan fingerprint density at radius 3 is 3.14 bits per heavy atom. The molecule has 0 spiro atoms. The van der Waals surface area contributed by atoms with Crippen LogP contribution in [-0.4, -0.2) is 27.5 Å². The van der Waals surface area contributed by atoms with Gasteiger partial charge in [0.25, 0.3) is 0 Å². The average Bonchev–Trinajstić information content (AvgIpc) is 3.40. The van der Waals surface area contributed by atoms with Crippen LogP contribution < -0.4 is 15.2 Å². The molecule has 2 aliphatic carbocycles. The second-order valence-electron chi connectivity index (χ2n) is 7.45. The molecule has 148 valence electrons. The van der Waals surface area contributed by atoms with Crippen LogP contribution in [0.1, 0.15) is 47.6 Å². The van der Waals surface area contributed by atoms with Crippen LogP contribution in [0.25, 0.3) is 0 Å². The summed E-state index contributed by atoms with van der Waals surface area (Å²) in [4.78, 5) is 13.3. The van der Waals surface area contributed by atoms with Crippen molar-refractivity contribution < 1.29 is 14.6 Å². The van der Waals surface area contributed by atoms with Gasteiger partial charge >= 0.3 is 6.03 Å². The van der Waals surface area contributed by atoms with E-state index in [9.17, 15) is 9.90 Å². The standard InChI is InChI=1S/C19H23N5O3S/c20-28(15-10-21-24-7-2-8-27-18(15)24)23-19(26)22-17-13-4-1-3-11(13)9-12-5-6-14(25)16(12)17/h9-10,14,25H,1-8H2,(H3,20,22,23,26). The third-order valence-corrected chi connectivity index (χ3v) is 6.79. The van der Waals surface area contributed by atoms with E-state index >= 15 is 0 Å². The second-order valence-corrected chi connectivity index (χ2v) is 8.70. The number of nitrogens with two attached hydrogens (primary N) is 1. The molecular weight excluding hydrogens is 378 g/mol. The first-order valence-corrected chi connectivity index (χ1v) is 10.9. The fourth-order valence-corrected chi connectivity index (χ4v) is 5.27. The number of rotatable bonds is 2. The van der Waals surface area contributed by atoms with Gasteiger partial charge in [-0.3, -0.25) is 5.14 Å². The van der Waals surface area contributed by atoms with Crippen molar-refractivity contribution in [1.82, 2.24) is 9.78 Å². The lowest BCUT2D eigenvalue weighted by molar-refractivity contribution is 0.180. The Bertz CT molecular complexity index is 1000. The zero-order valence-electron chi connectivity index (χ0n) is 15.5. The summed E-state index contributed by atoms with van der Waals surface area (Å²) < 4.78 is 11.5. The number of anilines is 1. The molecule has 0 fully saturated rings. The zero-order valence-corrected chi connectivity index (χ0v) is 16.3. The molecule has 1 aromatic heterocycles. The molecule has 28 heavy (non-hydrogen) atoms. The Hall–Kier alpha value is -2.23. The minimum absolute atomic E-state index is 0.497. The van der Waals surface area contributed by atoms with E-state index in [1.54, 1.807) is 10.9 Å². The van der Waals surface area contributed by atoms with Crippen LogP contribution in [0.3, 0.4) is 0 Å². The van der Waals surface area contributed by atoms with Gasteiger partial charge in [-0.25, -0.2) is 9.48 Å². The smallest absolute Gasteiger partial charge is 0.352 e. The molecule has 0 saturated heterocycles. The SMILES string of the molecule is NS(=NC(=O)Nc1c2c(cc3c1C(O)CC3)CCC2)c1cnn2c1OCCC2. The molecule has 2 heterocycles. The summed E-state index contributed by atoms with van der Waals surface area (Å²) in [6.45, 7) is 1.39. The molecule has 8 nitrogen and oxygen atoms in total. The molecule has 2 unspecified atom stereocenters. The molecule has 9 heteroatoms. The Morgan fingerprint density at radius 2 is 2.25 bits per heavy atom. The Labute approximate surface area is 165 Å². The van der Waals surface area contributed by atoms with Crippen molar-refractivity contribution >= 4 is 22.6 Å². The van der Waals surface area contributed by atoms with Gasteiger partial charge in [-0.2, -0.15) is 9.46 Å². The molecule has 3 aliphatic rings. The minimum Gasteiger partial charge on any atom is -0.477 e. The largest absolute Gasteiger partial charge is 0.477 e. The lowest BCUT2D eigenvalue weighted by Crippen LogP contribution is -2.18. The number of hydrogen-bond acceptors (Lipinski definition) is 4. The van der Waals surface area contributed by atoms with Gasteiger partial charge in [-0.1, -0.05) is 6.07 Å². The molecule has 2 amide bonds. The highest BCUT2D eigenvalue weighted by atomic mass is 32.2. The number of fused-ring (bicyclic) bond motifs is 3. The summed E-state index contributed by atoms with van der Waals surface area (Å²) in [5.41, 5.74) is 5.14. The van der Waals surface area contributed by atoms with Gasteiger partial charge < -0.3 is 15.2 Å². The normalized spacial score (nSPS) is 21.0. The predicted octanol–water partition coefficient (Wildman–Crippen LogP) is 2.40. The van der Waals surface area contributed by atoms with Gasteiger partial charge in [0, 0.05) is 29.4 Å². The van der Waals surface area contributed by atoms with E-state index in [1.807, 2.05) is 0 Å². The highest BCUT2D eigenvalue weighted by molar-refractivity contribution is 7.85. The number of aliphatic hydroxyl groups is 1. The second kappa shape index (κ2) is 6.98. The zero-order chi connectivity index (χ0) is 19.3. The van der Waals surface area contributed by atoms with E-state index in [0.29, 0.717) is 23.8 Å². The molecule has 0 radical (unpaired) electrons. The number of urea groups is 1. The van der Waals surface area contributed by atoms with Crippen molar-refractivity contribution in [1.29, 1.82) is 0 Å². The van der Waals surface area contributed by atoms with Gasteiger partial charge in [-0.15, -0.1) is 0 Å². The number of aliphatic hydroxyl groups excluding tert-OH is 1. The lowest BCUT2D eigenvalue weighted by Gasteiger charge is -2.17. The number of ether oxygens (including phenoxy) is 1. The summed E-state index contributed by atoms with van der Waals surface area (Å²) in [7, 11) is -1.16. The first-order chi connectivity index (χ1) is 13.6. The van der Waals surface area contributed by atoms with Crippen molar-refractivity contribution in [2.24, 2.45) is 9.50 Å². The van der Waals surface area contributed by atoms with Crippen molar-refractivity contribution in [3.8, 4) is 5.88 Å². The average molecular weight is 401 g/mol. The monoisotopic (exact) mass is 401 g/mol. The van der Waals surface area contributed by atoms with E-state index in [1.165, 1.54) is 5.56 Å². The van der Waals surface area contributed by atoms with Crippen LogP contribution in [0, 0.1) is 0 Å². The number of aryl methyl sites for hydroxylation is 3. The maximum Gasteiger partial charge on any atom is 0.352 e. The van der Waals surface area contributed by atoms with Crippen molar-refractivity contribution in [2.45, 2.75) is 56.1 Å². The van der Waals surface area contributed by atoms with Gasteiger partial charge in [0.2, 0.25) is 5.88 Å². The van der Waals surface area contributed by atoms with E-state index in [-0.39, 0.29) is 0 Å². The Kier molecular flexibility index (Phi) is 4.45. The number of hydrogen-bond donors (Lipinski definition) is 3. The summed E-state index contributed by atoms with van der Waals surface area (Å²) in [6, 6.07) is 1.70. The van der Waals surface area contributed by atoms with Gasteiger partial charge in [0.05, 0.1) is 24.6 Å². The Balaban J connectivity index is 1.45. The van der Waals surface area contributed by atoms with Gasteiger partial charge in [0.15, 0.2) is 0 Å². The predicted molar refractivity (Wildman–Crippen MR) is 105 cm³/mol. The summed E-state index contributed by atoms with van der Waals surface area (Å²) in [6.07, 6.45) is 6.51. The van der Waals surface area contributed by atoms with E-state index in [0.717, 1.165) is 61.0 Å². The first-order valence-electron chi connectivity index (χ1n) is 9.67. The molecule has 2 atom stereocenters. The molecule has 1 aliphatic heterocycles. The fourth-order valence-electron chi connectivity index (χ4n) is 4.45. The van der Waals surface area contributed by atoms with Crippen LogP contribution in [0.2, 0.25) is 0 Å². The third-order valence-electron chi connectivity index (χ3n) is 5.70. The summed E-state index contributed by atoms with van der Waals surface area (Å²) >= 11 is 0. The van der Waals surface area contributed by atoms with Gasteiger partial charge in [0.1, 0.15) is 4.90 Å². The van der Waals surface area contributed by atoms with Crippen LogP contribution in [0.4, 0.5) is 10.5 Å². The number of carbonyl (C=O) groups is 1. The summed E-state index contributed by atoms with van der Waals surface area (Å²) in [5.74, 6) is 0.602. The van der Waals surface area contributed by atoms with Crippen LogP contribution >= 0.6 is 0 Å². The van der Waals surface area contributed by atoms with E-state index in [2.05, 4.69) is 20.8 Å². The van der Waals surface area contributed by atoms with E-state index < -0.39 is 23.0 Å². The third kappa shape index (κ3) is 2.94. The quantitative estimate of drug-likeness (QED) is 0.715. The maximum atomic E-state index is 12.7. The lowest BCUT2D eigenvalue weighted by atomic mass is 9.98. The van der Waals surface area contributed by atoms with Crippen molar-refractivity contribution in [3.05, 3.63) is 34.5 Å². The molecule has 1 aromatic carbocycles. The first kappa shape index (κ1) is 17.8. The highest BCUT2D eigenvalue weighted by Gasteiger charge is 2.30.